The number of aryl methyl sites for hydroxylation is 1. The number of rotatable bonds is 1. The first kappa shape index (κ1) is 15.2. The number of halogens is 1. The zero-order valence-electron chi connectivity index (χ0n) is 15.0. The Morgan fingerprint density at radius 3 is 2.64 bits per heavy atom. The van der Waals surface area contributed by atoms with E-state index in [0.29, 0.717) is 5.92 Å². The minimum atomic E-state index is -0.167. The van der Waals surface area contributed by atoms with Crippen LogP contribution in [-0.2, 0) is 12.1 Å². The predicted molar refractivity (Wildman–Crippen MR) is 99.5 cm³/mol. The lowest BCUT2D eigenvalue weighted by molar-refractivity contribution is 0.274. The van der Waals surface area contributed by atoms with E-state index in [1.54, 1.807) is 12.1 Å². The van der Waals surface area contributed by atoms with Crippen molar-refractivity contribution in [3.63, 3.8) is 0 Å². The van der Waals surface area contributed by atoms with Crippen LogP contribution in [0.2, 0.25) is 0 Å². The smallest absolute Gasteiger partial charge is 0.123 e. The van der Waals surface area contributed by atoms with E-state index in [1.165, 1.54) is 33.3 Å². The highest BCUT2D eigenvalue weighted by molar-refractivity contribution is 5.88. The van der Waals surface area contributed by atoms with Gasteiger partial charge in [0.1, 0.15) is 5.82 Å². The molecule has 0 N–H and O–H groups in total. The van der Waals surface area contributed by atoms with Gasteiger partial charge in [-0.25, -0.2) is 4.39 Å². The molecular weight excluding hydrogens is 311 g/mol. The largest absolute Gasteiger partial charge is 0.334 e. The molecule has 2 unspecified atom stereocenters. The summed E-state index contributed by atoms with van der Waals surface area (Å²) in [5.41, 5.74) is 6.70. The Kier molecular flexibility index (Phi) is 3.00. The van der Waals surface area contributed by atoms with Crippen LogP contribution in [0, 0.1) is 12.7 Å². The van der Waals surface area contributed by atoms with Crippen molar-refractivity contribution in [1.29, 1.82) is 0 Å². The van der Waals surface area contributed by atoms with E-state index >= 15 is 0 Å². The average Bonchev–Trinajstić information content (AvgIpc) is 3.05. The summed E-state index contributed by atoms with van der Waals surface area (Å²) in [5, 5.41) is 1.39. The molecule has 0 amide bonds. The summed E-state index contributed by atoms with van der Waals surface area (Å²) in [7, 11) is 2.22. The molecule has 0 bridgehead atoms. The number of likely N-dealkylation sites (N-methyl/N-ethyl adjacent to an activating group) is 1. The van der Waals surface area contributed by atoms with Crippen molar-refractivity contribution in [3.8, 4) is 0 Å². The molecule has 0 spiro atoms. The molecule has 0 saturated heterocycles. The van der Waals surface area contributed by atoms with E-state index in [1.807, 2.05) is 12.1 Å². The van der Waals surface area contributed by atoms with Crippen LogP contribution in [0.15, 0.2) is 42.5 Å². The molecule has 2 atom stereocenters. The van der Waals surface area contributed by atoms with Gasteiger partial charge in [0.05, 0.1) is 5.54 Å². The highest BCUT2D eigenvalue weighted by Gasteiger charge is 2.46. The number of fused-ring (bicyclic) bond motifs is 3. The van der Waals surface area contributed by atoms with E-state index in [2.05, 4.69) is 48.6 Å². The highest BCUT2D eigenvalue weighted by atomic mass is 19.1. The summed E-state index contributed by atoms with van der Waals surface area (Å²) in [5.74, 6) is 0.372. The molecule has 3 aromatic rings. The van der Waals surface area contributed by atoms with Crippen LogP contribution in [0.3, 0.4) is 0 Å². The van der Waals surface area contributed by atoms with Crippen molar-refractivity contribution in [2.24, 2.45) is 0 Å². The zero-order valence-corrected chi connectivity index (χ0v) is 15.0. The van der Waals surface area contributed by atoms with Crippen LogP contribution < -0.4 is 0 Å². The molecule has 2 aliphatic rings. The van der Waals surface area contributed by atoms with Crippen molar-refractivity contribution in [2.75, 3.05) is 13.6 Å². The molecule has 0 aliphatic carbocycles. The third-order valence-corrected chi connectivity index (χ3v) is 6.22. The molecule has 2 aliphatic heterocycles. The maximum absolute atomic E-state index is 13.5. The molecule has 0 radical (unpaired) electrons. The van der Waals surface area contributed by atoms with Gasteiger partial charge in [-0.3, -0.25) is 0 Å². The second-order valence-electron chi connectivity index (χ2n) is 8.10. The van der Waals surface area contributed by atoms with Gasteiger partial charge in [-0.2, -0.15) is 0 Å². The number of hydrogen-bond acceptors (Lipinski definition) is 1. The molecule has 3 heteroatoms. The summed E-state index contributed by atoms with van der Waals surface area (Å²) < 4.78 is 16.0. The molecule has 128 valence electrons. The van der Waals surface area contributed by atoms with Crippen LogP contribution in [0.1, 0.15) is 41.6 Å². The number of nitrogens with zero attached hydrogens (tertiary/aromatic N) is 2. The van der Waals surface area contributed by atoms with Crippen LogP contribution >= 0.6 is 0 Å². The van der Waals surface area contributed by atoms with Gasteiger partial charge in [0.15, 0.2) is 0 Å². The van der Waals surface area contributed by atoms with E-state index in [0.717, 1.165) is 19.5 Å². The number of benzene rings is 2. The fourth-order valence-electron chi connectivity index (χ4n) is 5.20. The van der Waals surface area contributed by atoms with Gasteiger partial charge in [0.25, 0.3) is 0 Å². The lowest BCUT2D eigenvalue weighted by Gasteiger charge is -2.30. The fourth-order valence-corrected chi connectivity index (χ4v) is 5.20. The summed E-state index contributed by atoms with van der Waals surface area (Å²) in [6, 6.07) is 13.9. The van der Waals surface area contributed by atoms with E-state index in [9.17, 15) is 4.39 Å². The molecule has 1 aromatic heterocycles. The van der Waals surface area contributed by atoms with Gasteiger partial charge in [-0.15, -0.1) is 0 Å². The standard InChI is InChI=1S/C22H23FN2/c1-14-4-9-20-18(10-14)19-13-24(3)12-15-11-22(2,25(20)21(15)19)16-5-7-17(23)8-6-16/h4-10,15H,11-13H2,1-3H3. The van der Waals surface area contributed by atoms with Gasteiger partial charge in [-0.1, -0.05) is 23.8 Å². The van der Waals surface area contributed by atoms with Gasteiger partial charge in [-0.05, 0) is 62.7 Å². The van der Waals surface area contributed by atoms with Crippen molar-refractivity contribution in [1.82, 2.24) is 9.47 Å². The SMILES string of the molecule is Cc1ccc2c(c1)c1c3n2C(C)(c2ccc(F)cc2)CC3CN(C)C1. The van der Waals surface area contributed by atoms with Crippen LogP contribution in [0.25, 0.3) is 10.9 Å². The first-order chi connectivity index (χ1) is 12.0. The monoisotopic (exact) mass is 334 g/mol. The molecule has 3 heterocycles. The number of aromatic nitrogens is 1. The quantitative estimate of drug-likeness (QED) is 0.621. The Morgan fingerprint density at radius 1 is 1.12 bits per heavy atom. The van der Waals surface area contributed by atoms with Crippen molar-refractivity contribution in [2.45, 2.75) is 38.3 Å². The molecule has 0 fully saturated rings. The highest BCUT2D eigenvalue weighted by Crippen LogP contribution is 2.52. The lowest BCUT2D eigenvalue weighted by Crippen LogP contribution is -2.29. The summed E-state index contributed by atoms with van der Waals surface area (Å²) >= 11 is 0. The van der Waals surface area contributed by atoms with Crippen molar-refractivity contribution >= 4 is 10.9 Å². The summed E-state index contributed by atoms with van der Waals surface area (Å²) in [6.45, 7) is 6.59. The average molecular weight is 334 g/mol. The van der Waals surface area contributed by atoms with E-state index in [4.69, 9.17) is 0 Å². The van der Waals surface area contributed by atoms with Crippen molar-refractivity contribution < 1.29 is 4.39 Å². The maximum Gasteiger partial charge on any atom is 0.123 e. The Balaban J connectivity index is 1.83. The first-order valence-electron chi connectivity index (χ1n) is 9.06. The topological polar surface area (TPSA) is 8.17 Å². The third-order valence-electron chi connectivity index (χ3n) is 6.22. The van der Waals surface area contributed by atoms with Gasteiger partial charge in [0, 0.05) is 35.6 Å². The first-order valence-corrected chi connectivity index (χ1v) is 9.06. The Labute approximate surface area is 147 Å². The Bertz CT molecular complexity index is 985. The van der Waals surface area contributed by atoms with E-state index < -0.39 is 0 Å². The maximum atomic E-state index is 13.5. The minimum Gasteiger partial charge on any atom is -0.334 e. The Hall–Kier alpha value is -2.13. The normalized spacial score (nSPS) is 25.5. The summed E-state index contributed by atoms with van der Waals surface area (Å²) in [4.78, 5) is 2.44. The molecule has 2 nitrogen and oxygen atoms in total. The lowest BCUT2D eigenvalue weighted by atomic mass is 9.83. The zero-order chi connectivity index (χ0) is 17.3. The molecule has 5 rings (SSSR count). The molecule has 0 saturated carbocycles. The van der Waals surface area contributed by atoms with Crippen molar-refractivity contribution in [3.05, 3.63) is 70.7 Å². The van der Waals surface area contributed by atoms with Crippen LogP contribution in [0.4, 0.5) is 4.39 Å². The third kappa shape index (κ3) is 1.99. The van der Waals surface area contributed by atoms with Gasteiger partial charge >= 0.3 is 0 Å². The molecule has 2 aromatic carbocycles. The Morgan fingerprint density at radius 2 is 1.88 bits per heavy atom. The molecule has 25 heavy (non-hydrogen) atoms. The van der Waals surface area contributed by atoms with Crippen LogP contribution in [-0.4, -0.2) is 23.1 Å². The van der Waals surface area contributed by atoms with Gasteiger partial charge in [0.2, 0.25) is 0 Å². The fraction of sp³-hybridized carbons (Fsp3) is 0.364. The van der Waals surface area contributed by atoms with E-state index in [-0.39, 0.29) is 11.4 Å². The van der Waals surface area contributed by atoms with Gasteiger partial charge < -0.3 is 9.47 Å². The second-order valence-corrected chi connectivity index (χ2v) is 8.10. The predicted octanol–water partition coefficient (Wildman–Crippen LogP) is 4.79. The second kappa shape index (κ2) is 4.95. The number of hydrogen-bond donors (Lipinski definition) is 0. The van der Waals surface area contributed by atoms with Crippen LogP contribution in [0.5, 0.6) is 0 Å². The summed E-state index contributed by atoms with van der Waals surface area (Å²) in [6.07, 6.45) is 1.08. The minimum absolute atomic E-state index is 0.120. The molecular formula is C22H23FN2.